The maximum atomic E-state index is 10.7. The molecule has 102 valence electrons. The van der Waals surface area contributed by atoms with Crippen molar-refractivity contribution < 1.29 is 9.90 Å². The van der Waals surface area contributed by atoms with Crippen LogP contribution in [0.4, 0.5) is 0 Å². The molecule has 2 aromatic heterocycles. The number of aryl methyl sites for hydroxylation is 1. The Hall–Kier alpha value is -1.41. The number of carbonyl (C=O) groups is 1. The van der Waals surface area contributed by atoms with E-state index in [0.717, 1.165) is 16.4 Å². The fourth-order valence-electron chi connectivity index (χ4n) is 1.64. The Kier molecular flexibility index (Phi) is 4.20. The fraction of sp³-hybridized carbons (Fsp3) is 0.455. The fourth-order valence-corrected chi connectivity index (χ4v) is 3.21. The second-order valence-corrected chi connectivity index (χ2v) is 6.02. The Balaban J connectivity index is 2.40. The van der Waals surface area contributed by atoms with Crippen molar-refractivity contribution in [3.63, 3.8) is 0 Å². The number of carboxylic acid groups (broad SMARTS) is 1. The molecular formula is C11H14N4O2S2. The zero-order valence-electron chi connectivity index (χ0n) is 10.8. The third-order valence-corrected chi connectivity index (χ3v) is 4.31. The van der Waals surface area contributed by atoms with E-state index in [0.29, 0.717) is 5.16 Å². The van der Waals surface area contributed by atoms with Gasteiger partial charge >= 0.3 is 5.97 Å². The quantitative estimate of drug-likeness (QED) is 0.854. The van der Waals surface area contributed by atoms with Gasteiger partial charge in [-0.3, -0.25) is 9.36 Å². The normalized spacial score (nSPS) is 11.2. The van der Waals surface area contributed by atoms with E-state index in [1.54, 1.807) is 5.51 Å². The summed E-state index contributed by atoms with van der Waals surface area (Å²) in [6.07, 6.45) is 0. The average molecular weight is 298 g/mol. The van der Waals surface area contributed by atoms with Crippen LogP contribution in [0, 0.1) is 6.92 Å². The third-order valence-electron chi connectivity index (χ3n) is 2.45. The summed E-state index contributed by atoms with van der Waals surface area (Å²) in [6, 6.07) is 0.155. The maximum absolute atomic E-state index is 10.7. The van der Waals surface area contributed by atoms with Crippen molar-refractivity contribution >= 4 is 29.1 Å². The lowest BCUT2D eigenvalue weighted by Crippen LogP contribution is -2.07. The van der Waals surface area contributed by atoms with Gasteiger partial charge in [-0.05, 0) is 20.8 Å². The van der Waals surface area contributed by atoms with Gasteiger partial charge in [-0.1, -0.05) is 11.8 Å². The van der Waals surface area contributed by atoms with Gasteiger partial charge in [0.1, 0.15) is 0 Å². The van der Waals surface area contributed by atoms with Crippen LogP contribution >= 0.6 is 23.1 Å². The molecule has 8 heteroatoms. The van der Waals surface area contributed by atoms with Crippen molar-refractivity contribution in [1.29, 1.82) is 0 Å². The van der Waals surface area contributed by atoms with Crippen LogP contribution in [0.3, 0.4) is 0 Å². The van der Waals surface area contributed by atoms with Crippen LogP contribution in [-0.2, 0) is 4.79 Å². The summed E-state index contributed by atoms with van der Waals surface area (Å²) in [6.45, 7) is 5.97. The van der Waals surface area contributed by atoms with Gasteiger partial charge in [0.15, 0.2) is 11.0 Å². The topological polar surface area (TPSA) is 80.9 Å². The first-order chi connectivity index (χ1) is 9.00. The molecule has 0 radical (unpaired) electrons. The van der Waals surface area contributed by atoms with Gasteiger partial charge in [0.25, 0.3) is 0 Å². The lowest BCUT2D eigenvalue weighted by molar-refractivity contribution is -0.133. The first-order valence-electron chi connectivity index (χ1n) is 5.70. The summed E-state index contributed by atoms with van der Waals surface area (Å²) in [7, 11) is 0. The standard InChI is InChI=1S/C11H14N4O2S2/c1-6(2)15-10(9-7(3)12-5-19-9)13-14-11(15)18-4-8(16)17/h5-6H,4H2,1-3H3,(H,16,17). The monoisotopic (exact) mass is 298 g/mol. The Labute approximate surface area is 118 Å². The van der Waals surface area contributed by atoms with Gasteiger partial charge in [0.05, 0.1) is 21.8 Å². The molecule has 1 N–H and O–H groups in total. The molecule has 0 fully saturated rings. The molecule has 0 saturated heterocycles. The molecule has 19 heavy (non-hydrogen) atoms. The lowest BCUT2D eigenvalue weighted by atomic mass is 10.3. The van der Waals surface area contributed by atoms with E-state index >= 15 is 0 Å². The van der Waals surface area contributed by atoms with Crippen molar-refractivity contribution in [2.24, 2.45) is 0 Å². The highest BCUT2D eigenvalue weighted by Gasteiger charge is 2.20. The van der Waals surface area contributed by atoms with Gasteiger partial charge in [-0.2, -0.15) is 0 Å². The Morgan fingerprint density at radius 1 is 1.53 bits per heavy atom. The molecule has 0 amide bonds. The van der Waals surface area contributed by atoms with Crippen LogP contribution in [0.15, 0.2) is 10.7 Å². The van der Waals surface area contributed by atoms with Gasteiger partial charge in [0, 0.05) is 6.04 Å². The Bertz CT molecular complexity index is 591. The molecule has 2 heterocycles. The molecule has 0 aliphatic heterocycles. The molecule has 2 rings (SSSR count). The van der Waals surface area contributed by atoms with E-state index in [1.165, 1.54) is 23.1 Å². The molecule has 0 aromatic carbocycles. The highest BCUT2D eigenvalue weighted by molar-refractivity contribution is 7.99. The van der Waals surface area contributed by atoms with Gasteiger partial charge in [-0.25, -0.2) is 4.98 Å². The number of aromatic nitrogens is 4. The van der Waals surface area contributed by atoms with E-state index in [4.69, 9.17) is 5.11 Å². The van der Waals surface area contributed by atoms with E-state index in [2.05, 4.69) is 15.2 Å². The zero-order chi connectivity index (χ0) is 14.0. The van der Waals surface area contributed by atoms with Crippen LogP contribution in [0.5, 0.6) is 0 Å². The van der Waals surface area contributed by atoms with Crippen molar-refractivity contribution in [1.82, 2.24) is 19.7 Å². The highest BCUT2D eigenvalue weighted by atomic mass is 32.2. The third kappa shape index (κ3) is 2.95. The Morgan fingerprint density at radius 3 is 2.79 bits per heavy atom. The molecule has 6 nitrogen and oxygen atoms in total. The minimum Gasteiger partial charge on any atom is -0.481 e. The second kappa shape index (κ2) is 5.70. The molecule has 0 bridgehead atoms. The van der Waals surface area contributed by atoms with Crippen molar-refractivity contribution in [2.45, 2.75) is 32.0 Å². The van der Waals surface area contributed by atoms with Gasteiger partial charge in [0.2, 0.25) is 0 Å². The second-order valence-electron chi connectivity index (χ2n) is 4.22. The predicted molar refractivity (Wildman–Crippen MR) is 74.6 cm³/mol. The predicted octanol–water partition coefficient (Wildman–Crippen LogP) is 2.47. The highest BCUT2D eigenvalue weighted by Crippen LogP contribution is 2.31. The summed E-state index contributed by atoms with van der Waals surface area (Å²) in [5, 5.41) is 17.7. The molecule has 0 unspecified atom stereocenters. The number of aliphatic carboxylic acids is 1. The van der Waals surface area contributed by atoms with E-state index in [1.807, 2.05) is 25.3 Å². The molecular weight excluding hydrogens is 284 g/mol. The van der Waals surface area contributed by atoms with Crippen LogP contribution in [0.25, 0.3) is 10.7 Å². The molecule has 0 spiro atoms. The summed E-state index contributed by atoms with van der Waals surface area (Å²) in [5.41, 5.74) is 2.68. The smallest absolute Gasteiger partial charge is 0.313 e. The SMILES string of the molecule is Cc1ncsc1-c1nnc(SCC(=O)O)n1C(C)C. The van der Waals surface area contributed by atoms with Crippen molar-refractivity contribution in [3.8, 4) is 10.7 Å². The number of thiazole rings is 1. The van der Waals surface area contributed by atoms with E-state index in [9.17, 15) is 4.79 Å². The average Bonchev–Trinajstić information content (AvgIpc) is 2.91. The number of carboxylic acids is 1. The first-order valence-corrected chi connectivity index (χ1v) is 7.57. The van der Waals surface area contributed by atoms with E-state index < -0.39 is 5.97 Å². The minimum atomic E-state index is -0.862. The van der Waals surface area contributed by atoms with Crippen LogP contribution in [-0.4, -0.2) is 36.6 Å². The minimum absolute atomic E-state index is 0.0213. The van der Waals surface area contributed by atoms with Crippen LogP contribution in [0.1, 0.15) is 25.6 Å². The number of thioether (sulfide) groups is 1. The zero-order valence-corrected chi connectivity index (χ0v) is 12.5. The molecule has 0 saturated carbocycles. The summed E-state index contributed by atoms with van der Waals surface area (Å²) in [4.78, 5) is 15.8. The van der Waals surface area contributed by atoms with Crippen LogP contribution in [0.2, 0.25) is 0 Å². The van der Waals surface area contributed by atoms with Crippen molar-refractivity contribution in [2.75, 3.05) is 5.75 Å². The van der Waals surface area contributed by atoms with Gasteiger partial charge in [-0.15, -0.1) is 21.5 Å². The summed E-state index contributed by atoms with van der Waals surface area (Å²) in [5.74, 6) is -0.131. The van der Waals surface area contributed by atoms with Crippen LogP contribution < -0.4 is 0 Å². The Morgan fingerprint density at radius 2 is 2.26 bits per heavy atom. The lowest BCUT2D eigenvalue weighted by Gasteiger charge is -2.12. The molecule has 2 aromatic rings. The molecule has 0 aliphatic carbocycles. The number of rotatable bonds is 5. The largest absolute Gasteiger partial charge is 0.481 e. The number of hydrogen-bond acceptors (Lipinski definition) is 6. The number of hydrogen-bond donors (Lipinski definition) is 1. The molecule has 0 aliphatic rings. The first kappa shape index (κ1) is 14.0. The maximum Gasteiger partial charge on any atom is 0.313 e. The summed E-state index contributed by atoms with van der Waals surface area (Å²) >= 11 is 2.69. The summed E-state index contributed by atoms with van der Waals surface area (Å²) < 4.78 is 1.95. The van der Waals surface area contributed by atoms with E-state index in [-0.39, 0.29) is 11.8 Å². The number of nitrogens with zero attached hydrogens (tertiary/aromatic N) is 4. The van der Waals surface area contributed by atoms with Crippen molar-refractivity contribution in [3.05, 3.63) is 11.2 Å². The van der Waals surface area contributed by atoms with Gasteiger partial charge < -0.3 is 5.11 Å². The molecule has 0 atom stereocenters.